The summed E-state index contributed by atoms with van der Waals surface area (Å²) < 4.78 is 10.2. The predicted octanol–water partition coefficient (Wildman–Crippen LogP) is 2.52. The van der Waals surface area contributed by atoms with Crippen molar-refractivity contribution in [1.29, 1.82) is 0 Å². The normalized spacial score (nSPS) is 11.5. The van der Waals surface area contributed by atoms with Crippen LogP contribution in [0.3, 0.4) is 0 Å². The number of pyridine rings is 1. The van der Waals surface area contributed by atoms with Crippen molar-refractivity contribution in [3.05, 3.63) is 59.9 Å². The van der Waals surface area contributed by atoms with Gasteiger partial charge in [-0.25, -0.2) is 4.79 Å². The van der Waals surface area contributed by atoms with Gasteiger partial charge in [0.15, 0.2) is 6.10 Å². The molecule has 0 saturated heterocycles. The standard InChI is InChI=1S/C16H15NO4/c1-11(21-16(19)13-7-9-17-10-8-13)15(18)12-3-5-14(20-2)6-4-12/h3-11H,1-2H3/t11-/m0/s1. The summed E-state index contributed by atoms with van der Waals surface area (Å²) in [6.07, 6.45) is 2.12. The second kappa shape index (κ2) is 6.65. The van der Waals surface area contributed by atoms with Gasteiger partial charge >= 0.3 is 5.97 Å². The lowest BCUT2D eigenvalue weighted by atomic mass is 10.1. The summed E-state index contributed by atoms with van der Waals surface area (Å²) in [5, 5.41) is 0. The Morgan fingerprint density at radius 3 is 2.19 bits per heavy atom. The highest BCUT2D eigenvalue weighted by Crippen LogP contribution is 2.14. The third kappa shape index (κ3) is 3.66. The number of hydrogen-bond donors (Lipinski definition) is 0. The lowest BCUT2D eigenvalue weighted by molar-refractivity contribution is 0.0318. The van der Waals surface area contributed by atoms with Gasteiger partial charge in [-0.15, -0.1) is 0 Å². The average Bonchev–Trinajstić information content (AvgIpc) is 2.55. The number of ketones is 1. The van der Waals surface area contributed by atoms with E-state index in [1.165, 1.54) is 24.5 Å². The Balaban J connectivity index is 2.03. The van der Waals surface area contributed by atoms with Crippen molar-refractivity contribution in [3.63, 3.8) is 0 Å². The zero-order chi connectivity index (χ0) is 15.2. The van der Waals surface area contributed by atoms with E-state index in [9.17, 15) is 9.59 Å². The van der Waals surface area contributed by atoms with Crippen molar-refractivity contribution >= 4 is 11.8 Å². The van der Waals surface area contributed by atoms with Gasteiger partial charge in [0.2, 0.25) is 5.78 Å². The molecule has 0 radical (unpaired) electrons. The highest BCUT2D eigenvalue weighted by molar-refractivity contribution is 6.01. The minimum Gasteiger partial charge on any atom is -0.497 e. The van der Waals surface area contributed by atoms with Crippen molar-refractivity contribution in [3.8, 4) is 5.75 Å². The van der Waals surface area contributed by atoms with Crippen LogP contribution in [0.15, 0.2) is 48.8 Å². The molecule has 0 unspecified atom stereocenters. The van der Waals surface area contributed by atoms with Crippen molar-refractivity contribution in [2.45, 2.75) is 13.0 Å². The molecule has 1 heterocycles. The van der Waals surface area contributed by atoms with E-state index >= 15 is 0 Å². The molecule has 5 nitrogen and oxygen atoms in total. The fourth-order valence-corrected chi connectivity index (χ4v) is 1.76. The number of benzene rings is 1. The van der Waals surface area contributed by atoms with Crippen LogP contribution in [-0.2, 0) is 4.74 Å². The molecule has 0 N–H and O–H groups in total. The second-order valence-corrected chi connectivity index (χ2v) is 4.38. The number of Topliss-reactive ketones (excluding diaryl/α,β-unsaturated/α-hetero) is 1. The Labute approximate surface area is 122 Å². The Morgan fingerprint density at radius 2 is 1.62 bits per heavy atom. The molecule has 0 aliphatic rings. The number of hydrogen-bond acceptors (Lipinski definition) is 5. The summed E-state index contributed by atoms with van der Waals surface area (Å²) >= 11 is 0. The first-order valence-electron chi connectivity index (χ1n) is 6.41. The van der Waals surface area contributed by atoms with Crippen LogP contribution in [0.4, 0.5) is 0 Å². The first kappa shape index (κ1) is 14.7. The van der Waals surface area contributed by atoms with E-state index in [4.69, 9.17) is 9.47 Å². The maximum atomic E-state index is 12.2. The van der Waals surface area contributed by atoms with Crippen LogP contribution in [0.1, 0.15) is 27.6 Å². The molecular formula is C16H15NO4. The van der Waals surface area contributed by atoms with Gasteiger partial charge in [-0.2, -0.15) is 0 Å². The molecule has 1 aromatic carbocycles. The smallest absolute Gasteiger partial charge is 0.338 e. The zero-order valence-electron chi connectivity index (χ0n) is 11.8. The van der Waals surface area contributed by atoms with Crippen LogP contribution < -0.4 is 4.74 Å². The van der Waals surface area contributed by atoms with Crippen molar-refractivity contribution in [2.75, 3.05) is 7.11 Å². The topological polar surface area (TPSA) is 65.5 Å². The van der Waals surface area contributed by atoms with E-state index < -0.39 is 12.1 Å². The van der Waals surface area contributed by atoms with Gasteiger partial charge in [-0.1, -0.05) is 0 Å². The van der Waals surface area contributed by atoms with Crippen LogP contribution in [0.25, 0.3) is 0 Å². The highest BCUT2D eigenvalue weighted by atomic mass is 16.5. The Bertz CT molecular complexity index is 622. The minimum absolute atomic E-state index is 0.264. The average molecular weight is 285 g/mol. The van der Waals surface area contributed by atoms with E-state index in [1.807, 2.05) is 0 Å². The van der Waals surface area contributed by atoms with Crippen LogP contribution in [-0.4, -0.2) is 30.0 Å². The van der Waals surface area contributed by atoms with Crippen LogP contribution in [0.2, 0.25) is 0 Å². The van der Waals surface area contributed by atoms with E-state index in [0.29, 0.717) is 16.9 Å². The number of carbonyl (C=O) groups excluding carboxylic acids is 2. The van der Waals surface area contributed by atoms with Crippen LogP contribution >= 0.6 is 0 Å². The van der Waals surface area contributed by atoms with E-state index in [0.717, 1.165) is 0 Å². The zero-order valence-corrected chi connectivity index (χ0v) is 11.8. The molecule has 0 aliphatic heterocycles. The first-order chi connectivity index (χ1) is 10.1. The molecule has 0 aliphatic carbocycles. The molecule has 2 rings (SSSR count). The summed E-state index contributed by atoms with van der Waals surface area (Å²) in [5.74, 6) is -0.153. The lowest BCUT2D eigenvalue weighted by Gasteiger charge is -2.12. The van der Waals surface area contributed by atoms with Crippen molar-refractivity contribution < 1.29 is 19.1 Å². The third-order valence-electron chi connectivity index (χ3n) is 2.94. The SMILES string of the molecule is COc1ccc(C(=O)[C@H](C)OC(=O)c2ccncc2)cc1. The fourth-order valence-electron chi connectivity index (χ4n) is 1.76. The van der Waals surface area contributed by atoms with Gasteiger partial charge in [-0.3, -0.25) is 9.78 Å². The van der Waals surface area contributed by atoms with Crippen molar-refractivity contribution in [1.82, 2.24) is 4.98 Å². The quantitative estimate of drug-likeness (QED) is 0.624. The number of rotatable bonds is 5. The maximum Gasteiger partial charge on any atom is 0.338 e. The Kier molecular flexibility index (Phi) is 4.66. The molecule has 5 heteroatoms. The van der Waals surface area contributed by atoms with Gasteiger partial charge in [0, 0.05) is 18.0 Å². The van der Waals surface area contributed by atoms with E-state index in [1.54, 1.807) is 38.3 Å². The predicted molar refractivity (Wildman–Crippen MR) is 76.4 cm³/mol. The number of methoxy groups -OCH3 is 1. The minimum atomic E-state index is -0.862. The monoisotopic (exact) mass is 285 g/mol. The molecule has 1 atom stereocenters. The van der Waals surface area contributed by atoms with Gasteiger partial charge in [0.25, 0.3) is 0 Å². The van der Waals surface area contributed by atoms with E-state index in [2.05, 4.69) is 4.98 Å². The molecule has 0 saturated carbocycles. The molecule has 0 bridgehead atoms. The fraction of sp³-hybridized carbons (Fsp3) is 0.188. The summed E-state index contributed by atoms with van der Waals surface area (Å²) in [7, 11) is 1.55. The number of carbonyl (C=O) groups is 2. The summed E-state index contributed by atoms with van der Waals surface area (Å²) in [6.45, 7) is 1.55. The van der Waals surface area contributed by atoms with Crippen LogP contribution in [0.5, 0.6) is 5.75 Å². The molecule has 108 valence electrons. The number of aromatic nitrogens is 1. The van der Waals surface area contributed by atoms with Gasteiger partial charge in [0.1, 0.15) is 5.75 Å². The molecule has 1 aromatic heterocycles. The molecule has 0 amide bonds. The number of ether oxygens (including phenoxy) is 2. The maximum absolute atomic E-state index is 12.2. The van der Waals surface area contributed by atoms with Crippen LogP contribution in [0, 0.1) is 0 Å². The first-order valence-corrected chi connectivity index (χ1v) is 6.41. The summed E-state index contributed by atoms with van der Waals surface area (Å²) in [6, 6.07) is 9.71. The summed E-state index contributed by atoms with van der Waals surface area (Å²) in [5.41, 5.74) is 0.824. The van der Waals surface area contributed by atoms with Gasteiger partial charge in [0.05, 0.1) is 12.7 Å². The van der Waals surface area contributed by atoms with E-state index in [-0.39, 0.29) is 5.78 Å². The largest absolute Gasteiger partial charge is 0.497 e. The highest BCUT2D eigenvalue weighted by Gasteiger charge is 2.20. The molecule has 0 fully saturated rings. The Hall–Kier alpha value is -2.69. The van der Waals surface area contributed by atoms with Gasteiger partial charge in [-0.05, 0) is 43.3 Å². The number of nitrogens with zero attached hydrogens (tertiary/aromatic N) is 1. The molecular weight excluding hydrogens is 270 g/mol. The summed E-state index contributed by atoms with van der Waals surface area (Å²) in [4.78, 5) is 27.9. The molecule has 2 aromatic rings. The van der Waals surface area contributed by atoms with Crippen molar-refractivity contribution in [2.24, 2.45) is 0 Å². The van der Waals surface area contributed by atoms with Gasteiger partial charge < -0.3 is 9.47 Å². The Morgan fingerprint density at radius 1 is 1.00 bits per heavy atom. The second-order valence-electron chi connectivity index (χ2n) is 4.38. The molecule has 0 spiro atoms. The lowest BCUT2D eigenvalue weighted by Crippen LogP contribution is -2.24. The number of esters is 1. The molecule has 21 heavy (non-hydrogen) atoms. The third-order valence-corrected chi connectivity index (χ3v) is 2.94.